The SMILES string of the molecule is O=C(O)O.O=c1ccc2ccc(OCCCCN3CCN(c4cccc(Cl)c4C(F)(F)F)CC3)nc2[nH]1. The van der Waals surface area contributed by atoms with Crippen molar-refractivity contribution in [2.24, 2.45) is 0 Å². The summed E-state index contributed by atoms with van der Waals surface area (Å²) in [7, 11) is 0. The van der Waals surface area contributed by atoms with E-state index in [2.05, 4.69) is 14.9 Å². The number of pyridine rings is 2. The summed E-state index contributed by atoms with van der Waals surface area (Å²) in [5, 5.41) is 14.5. The number of anilines is 1. The van der Waals surface area contributed by atoms with Crippen LogP contribution in [0.15, 0.2) is 47.3 Å². The average molecular weight is 543 g/mol. The Hall–Kier alpha value is -3.51. The molecule has 1 fully saturated rings. The van der Waals surface area contributed by atoms with Crippen molar-refractivity contribution in [1.29, 1.82) is 0 Å². The Morgan fingerprint density at radius 1 is 1.05 bits per heavy atom. The summed E-state index contributed by atoms with van der Waals surface area (Å²) in [5.74, 6) is 0.458. The van der Waals surface area contributed by atoms with Gasteiger partial charge in [-0.3, -0.25) is 9.69 Å². The Morgan fingerprint density at radius 3 is 2.41 bits per heavy atom. The fraction of sp³-hybridized carbons (Fsp3) is 0.375. The third-order valence-corrected chi connectivity index (χ3v) is 5.98. The lowest BCUT2D eigenvalue weighted by atomic mass is 10.1. The molecule has 0 aliphatic carbocycles. The van der Waals surface area contributed by atoms with Crippen molar-refractivity contribution in [3.05, 3.63) is 63.4 Å². The van der Waals surface area contributed by atoms with Gasteiger partial charge in [0.25, 0.3) is 0 Å². The van der Waals surface area contributed by atoms with Crippen LogP contribution in [-0.2, 0) is 6.18 Å². The minimum absolute atomic E-state index is 0.146. The number of carbonyl (C=O) groups is 1. The molecule has 9 nitrogen and oxygen atoms in total. The fourth-order valence-electron chi connectivity index (χ4n) is 3.97. The van der Waals surface area contributed by atoms with E-state index < -0.39 is 17.9 Å². The summed E-state index contributed by atoms with van der Waals surface area (Å²) >= 11 is 5.85. The molecule has 1 aliphatic heterocycles. The standard InChI is InChI=1S/C23H24ClF3N4O2.CH2O3/c24-17-4-3-5-18(21(17)23(25,26)27)31-13-11-30(12-14-31)10-1-2-15-33-20-9-7-16-6-8-19(32)28-22(16)29-20;2-1(3)4/h3-9H,1-2,10-15H2,(H,28,29,32);(H2,2,3,4). The van der Waals surface area contributed by atoms with Crippen LogP contribution in [0.25, 0.3) is 11.0 Å². The van der Waals surface area contributed by atoms with Crippen molar-refractivity contribution >= 4 is 34.5 Å². The van der Waals surface area contributed by atoms with E-state index in [0.29, 0.717) is 44.3 Å². The van der Waals surface area contributed by atoms with Gasteiger partial charge >= 0.3 is 12.3 Å². The highest BCUT2D eigenvalue weighted by atomic mass is 35.5. The van der Waals surface area contributed by atoms with Gasteiger partial charge in [0.05, 0.1) is 22.9 Å². The number of hydrogen-bond acceptors (Lipinski definition) is 6. The molecule has 0 spiro atoms. The van der Waals surface area contributed by atoms with Crippen LogP contribution in [-0.4, -0.2) is 70.6 Å². The summed E-state index contributed by atoms with van der Waals surface area (Å²) < 4.78 is 46.0. The third-order valence-electron chi connectivity index (χ3n) is 5.66. The number of fused-ring (bicyclic) bond motifs is 1. The molecule has 2 aromatic heterocycles. The summed E-state index contributed by atoms with van der Waals surface area (Å²) in [6.45, 7) is 3.73. The lowest BCUT2D eigenvalue weighted by Gasteiger charge is -2.37. The number of carboxylic acid groups (broad SMARTS) is 2. The molecule has 1 saturated heterocycles. The number of aromatic nitrogens is 2. The average Bonchev–Trinajstić information content (AvgIpc) is 2.82. The highest BCUT2D eigenvalue weighted by Crippen LogP contribution is 2.41. The number of hydrogen-bond donors (Lipinski definition) is 3. The second kappa shape index (κ2) is 12.6. The van der Waals surface area contributed by atoms with Crippen molar-refractivity contribution in [1.82, 2.24) is 14.9 Å². The zero-order valence-electron chi connectivity index (χ0n) is 19.7. The first-order valence-corrected chi connectivity index (χ1v) is 11.8. The molecule has 3 heterocycles. The van der Waals surface area contributed by atoms with Gasteiger partial charge in [0.15, 0.2) is 0 Å². The van der Waals surface area contributed by atoms with Crippen LogP contribution >= 0.6 is 11.6 Å². The van der Waals surface area contributed by atoms with Gasteiger partial charge in [-0.2, -0.15) is 18.2 Å². The molecule has 0 amide bonds. The summed E-state index contributed by atoms with van der Waals surface area (Å²) in [4.78, 5) is 31.0. The van der Waals surface area contributed by atoms with E-state index in [0.717, 1.165) is 24.8 Å². The molecule has 13 heteroatoms. The Balaban J connectivity index is 0.000000886. The number of benzene rings is 1. The molecule has 200 valence electrons. The van der Waals surface area contributed by atoms with Crippen LogP contribution in [0.3, 0.4) is 0 Å². The summed E-state index contributed by atoms with van der Waals surface area (Å²) in [6.07, 6.45) is -4.60. The van der Waals surface area contributed by atoms with Crippen molar-refractivity contribution in [2.45, 2.75) is 19.0 Å². The maximum absolute atomic E-state index is 13.4. The van der Waals surface area contributed by atoms with E-state index in [4.69, 9.17) is 31.3 Å². The Morgan fingerprint density at radius 2 is 1.73 bits per heavy atom. The van der Waals surface area contributed by atoms with Crippen LogP contribution in [0.5, 0.6) is 5.88 Å². The number of piperazine rings is 1. The number of nitrogens with zero attached hydrogens (tertiary/aromatic N) is 3. The molecule has 0 radical (unpaired) electrons. The first-order valence-electron chi connectivity index (χ1n) is 11.4. The lowest BCUT2D eigenvalue weighted by Crippen LogP contribution is -2.47. The largest absolute Gasteiger partial charge is 0.503 e. The predicted octanol–water partition coefficient (Wildman–Crippen LogP) is 4.80. The second-order valence-electron chi connectivity index (χ2n) is 8.21. The number of unbranched alkanes of at least 4 members (excludes halogenated alkanes) is 1. The monoisotopic (exact) mass is 542 g/mol. The quantitative estimate of drug-likeness (QED) is 0.364. The van der Waals surface area contributed by atoms with Gasteiger partial charge in [-0.15, -0.1) is 0 Å². The number of aromatic amines is 1. The molecular formula is C24H26ClF3N4O5. The number of rotatable bonds is 7. The summed E-state index contributed by atoms with van der Waals surface area (Å²) in [6, 6.07) is 11.1. The zero-order valence-corrected chi connectivity index (χ0v) is 20.4. The maximum Gasteiger partial charge on any atom is 0.503 e. The lowest BCUT2D eigenvalue weighted by molar-refractivity contribution is -0.137. The topological polar surface area (TPSA) is 119 Å². The number of alkyl halides is 3. The van der Waals surface area contributed by atoms with Crippen molar-refractivity contribution in [3.63, 3.8) is 0 Å². The molecule has 0 atom stereocenters. The smallest absolute Gasteiger partial charge is 0.478 e. The van der Waals surface area contributed by atoms with Gasteiger partial charge in [-0.05, 0) is 43.7 Å². The van der Waals surface area contributed by atoms with Crippen molar-refractivity contribution < 1.29 is 32.9 Å². The molecule has 3 N–H and O–H groups in total. The van der Waals surface area contributed by atoms with Gasteiger partial charge in [0.1, 0.15) is 5.65 Å². The second-order valence-corrected chi connectivity index (χ2v) is 8.62. The Labute approximate surface area is 215 Å². The third kappa shape index (κ3) is 8.25. The van der Waals surface area contributed by atoms with Crippen LogP contribution in [0.4, 0.5) is 23.7 Å². The zero-order chi connectivity index (χ0) is 27.0. The highest BCUT2D eigenvalue weighted by Gasteiger charge is 2.37. The highest BCUT2D eigenvalue weighted by molar-refractivity contribution is 6.31. The minimum atomic E-state index is -4.49. The van der Waals surface area contributed by atoms with E-state index in [1.54, 1.807) is 23.1 Å². The molecule has 4 rings (SSSR count). The molecule has 0 bridgehead atoms. The predicted molar refractivity (Wildman–Crippen MR) is 133 cm³/mol. The number of ether oxygens (including phenoxy) is 1. The van der Waals surface area contributed by atoms with Crippen molar-refractivity contribution in [3.8, 4) is 5.88 Å². The molecule has 0 unspecified atom stereocenters. The molecule has 0 saturated carbocycles. The van der Waals surface area contributed by atoms with Gasteiger partial charge in [0, 0.05) is 43.7 Å². The van der Waals surface area contributed by atoms with Crippen LogP contribution in [0.1, 0.15) is 18.4 Å². The van der Waals surface area contributed by atoms with Crippen LogP contribution < -0.4 is 15.2 Å². The maximum atomic E-state index is 13.4. The fourth-order valence-corrected chi connectivity index (χ4v) is 4.25. The molecule has 37 heavy (non-hydrogen) atoms. The van der Waals surface area contributed by atoms with Gasteiger partial charge in [-0.25, -0.2) is 4.79 Å². The van der Waals surface area contributed by atoms with E-state index in [9.17, 15) is 18.0 Å². The van der Waals surface area contributed by atoms with Crippen molar-refractivity contribution in [2.75, 3.05) is 44.2 Å². The number of H-pyrrole nitrogens is 1. The van der Waals surface area contributed by atoms with E-state index in [1.807, 2.05) is 6.07 Å². The molecule has 1 aliphatic rings. The van der Waals surface area contributed by atoms with Gasteiger partial charge in [-0.1, -0.05) is 17.7 Å². The molecular weight excluding hydrogens is 517 g/mol. The van der Waals surface area contributed by atoms with Gasteiger partial charge in [0.2, 0.25) is 11.4 Å². The summed E-state index contributed by atoms with van der Waals surface area (Å²) in [5.41, 5.74) is -0.334. The van der Waals surface area contributed by atoms with Crippen LogP contribution in [0, 0.1) is 0 Å². The van der Waals surface area contributed by atoms with E-state index in [-0.39, 0.29) is 16.3 Å². The normalized spacial score (nSPS) is 14.2. The first kappa shape index (κ1) is 28.1. The van der Waals surface area contributed by atoms with E-state index in [1.165, 1.54) is 18.2 Å². The van der Waals surface area contributed by atoms with Gasteiger partial charge < -0.3 is 24.8 Å². The number of nitrogens with one attached hydrogen (secondary N) is 1. The molecule has 1 aromatic carbocycles. The Bertz CT molecular complexity index is 1260. The Kier molecular flexibility index (Phi) is 9.59. The van der Waals surface area contributed by atoms with Crippen LogP contribution in [0.2, 0.25) is 5.02 Å². The number of halogens is 4. The first-order chi connectivity index (χ1) is 17.5. The molecule has 3 aromatic rings. The minimum Gasteiger partial charge on any atom is -0.478 e. The van der Waals surface area contributed by atoms with E-state index >= 15 is 0 Å².